The van der Waals surface area contributed by atoms with Gasteiger partial charge >= 0.3 is 6.09 Å². The highest BCUT2D eigenvalue weighted by Crippen LogP contribution is 2.26. The van der Waals surface area contributed by atoms with E-state index in [4.69, 9.17) is 10.5 Å². The Balaban J connectivity index is 2.45. The van der Waals surface area contributed by atoms with E-state index >= 15 is 0 Å². The summed E-state index contributed by atoms with van der Waals surface area (Å²) < 4.78 is 5.36. The van der Waals surface area contributed by atoms with Crippen molar-refractivity contribution in [1.82, 2.24) is 15.5 Å². The van der Waals surface area contributed by atoms with E-state index < -0.39 is 42.0 Å². The highest BCUT2D eigenvalue weighted by molar-refractivity contribution is 5.94. The summed E-state index contributed by atoms with van der Waals surface area (Å²) in [4.78, 5) is 54.2. The Morgan fingerprint density at radius 3 is 2.20 bits per heavy atom. The number of nitrogens with two attached hydrogens (primary N) is 1. The van der Waals surface area contributed by atoms with Gasteiger partial charge in [-0.15, -0.1) is 0 Å². The zero-order valence-corrected chi connectivity index (χ0v) is 25.1. The molecule has 9 nitrogen and oxygen atoms in total. The highest BCUT2D eigenvalue weighted by Gasteiger charge is 2.37. The molecule has 2 rings (SSSR count). The first-order chi connectivity index (χ1) is 18.9. The number of carbonyl (C=O) groups excluding carboxylic acids is 4. The van der Waals surface area contributed by atoms with Gasteiger partial charge in [-0.05, 0) is 52.5 Å². The van der Waals surface area contributed by atoms with Crippen molar-refractivity contribution in [2.75, 3.05) is 6.54 Å². The predicted octanol–water partition coefficient (Wildman–Crippen LogP) is 5.05. The van der Waals surface area contributed by atoms with E-state index in [-0.39, 0.29) is 11.9 Å². The molecule has 0 aliphatic heterocycles. The molecule has 2 atom stereocenters. The van der Waals surface area contributed by atoms with Crippen LogP contribution < -0.4 is 16.4 Å². The number of primary amides is 1. The summed E-state index contributed by atoms with van der Waals surface area (Å²) in [6.45, 7) is 9.53. The molecular formula is C31H50N4O5. The fraction of sp³-hybridized carbons (Fsp3) is 0.677. The van der Waals surface area contributed by atoms with Crippen molar-refractivity contribution >= 4 is 23.8 Å². The molecule has 0 bridgehead atoms. The Bertz CT molecular complexity index is 967. The third-order valence-electron chi connectivity index (χ3n) is 7.08. The van der Waals surface area contributed by atoms with E-state index in [1.807, 2.05) is 31.2 Å². The van der Waals surface area contributed by atoms with Gasteiger partial charge in [0.1, 0.15) is 17.7 Å². The first-order valence-corrected chi connectivity index (χ1v) is 14.9. The molecule has 4 N–H and O–H groups in total. The lowest BCUT2D eigenvalue weighted by atomic mass is 9.94. The average Bonchev–Trinajstić information content (AvgIpc) is 2.87. The largest absolute Gasteiger partial charge is 0.444 e. The van der Waals surface area contributed by atoms with Crippen LogP contribution in [0.15, 0.2) is 24.3 Å². The van der Waals surface area contributed by atoms with E-state index in [1.165, 1.54) is 4.90 Å². The van der Waals surface area contributed by atoms with Gasteiger partial charge < -0.3 is 26.0 Å². The van der Waals surface area contributed by atoms with Crippen LogP contribution in [0, 0.1) is 6.92 Å². The van der Waals surface area contributed by atoms with E-state index in [1.54, 1.807) is 20.8 Å². The monoisotopic (exact) mass is 558 g/mol. The maximum Gasteiger partial charge on any atom is 0.408 e. The quantitative estimate of drug-likeness (QED) is 0.275. The molecule has 1 aromatic carbocycles. The lowest BCUT2D eigenvalue weighted by molar-refractivity contribution is -0.143. The molecule has 224 valence electrons. The normalized spacial score (nSPS) is 15.5. The molecule has 0 radical (unpaired) electrons. The van der Waals surface area contributed by atoms with Gasteiger partial charge in [-0.2, -0.15) is 0 Å². The number of aryl methyl sites for hydroxylation is 1. The second-order valence-electron chi connectivity index (χ2n) is 12.0. The number of nitrogens with zero attached hydrogens (tertiary/aromatic N) is 1. The van der Waals surface area contributed by atoms with Crippen LogP contribution in [0.4, 0.5) is 4.79 Å². The zero-order chi connectivity index (χ0) is 29.7. The average molecular weight is 559 g/mol. The van der Waals surface area contributed by atoms with Gasteiger partial charge in [0.15, 0.2) is 0 Å². The fourth-order valence-electron chi connectivity index (χ4n) is 5.05. The Labute approximate surface area is 240 Å². The molecule has 2 unspecified atom stereocenters. The molecule has 0 heterocycles. The van der Waals surface area contributed by atoms with Gasteiger partial charge in [0.05, 0.1) is 6.42 Å². The van der Waals surface area contributed by atoms with Gasteiger partial charge in [0.25, 0.3) is 0 Å². The summed E-state index contributed by atoms with van der Waals surface area (Å²) in [7, 11) is 0. The van der Waals surface area contributed by atoms with Crippen LogP contribution in [0.1, 0.15) is 115 Å². The molecular weight excluding hydrogens is 508 g/mol. The number of nitrogens with one attached hydrogen (secondary N) is 2. The predicted molar refractivity (Wildman–Crippen MR) is 156 cm³/mol. The first-order valence-electron chi connectivity index (χ1n) is 14.9. The summed E-state index contributed by atoms with van der Waals surface area (Å²) in [5.41, 5.74) is 6.41. The summed E-state index contributed by atoms with van der Waals surface area (Å²) >= 11 is 0. The minimum atomic E-state index is -1.27. The smallest absolute Gasteiger partial charge is 0.408 e. The van der Waals surface area contributed by atoms with Gasteiger partial charge in [0, 0.05) is 12.6 Å². The molecule has 4 amide bonds. The van der Waals surface area contributed by atoms with Crippen LogP contribution in [-0.2, 0) is 19.1 Å². The van der Waals surface area contributed by atoms with Crippen LogP contribution in [-0.4, -0.2) is 52.9 Å². The number of hydrogen-bond donors (Lipinski definition) is 3. The molecule has 0 aromatic heterocycles. The summed E-state index contributed by atoms with van der Waals surface area (Å²) in [6.07, 6.45) is 8.60. The van der Waals surface area contributed by atoms with E-state index in [0.29, 0.717) is 18.5 Å². The molecule has 1 aliphatic rings. The number of amides is 4. The minimum Gasteiger partial charge on any atom is -0.444 e. The lowest BCUT2D eigenvalue weighted by Crippen LogP contribution is -2.55. The lowest BCUT2D eigenvalue weighted by Gasteiger charge is -2.35. The standard InChI is InChI=1S/C31H50N4O5/c1-6-7-8-9-13-20-35(29(38)25(21-26(32)36)34-30(39)40-31(3,4)5)27(23-18-16-22(2)17-19-23)28(37)33-24-14-11-10-12-15-24/h16-19,24-25,27H,6-15,20-21H2,1-5H3,(H2,32,36)(H,33,37)(H,34,39). The van der Waals surface area contributed by atoms with E-state index in [0.717, 1.165) is 63.4 Å². The van der Waals surface area contributed by atoms with E-state index in [2.05, 4.69) is 17.6 Å². The molecule has 1 aromatic rings. The zero-order valence-electron chi connectivity index (χ0n) is 25.1. The number of unbranched alkanes of at least 4 members (excludes halogenated alkanes) is 4. The van der Waals surface area contributed by atoms with Crippen molar-refractivity contribution in [2.24, 2.45) is 5.73 Å². The molecule has 1 aliphatic carbocycles. The Kier molecular flexibility index (Phi) is 13.4. The van der Waals surface area contributed by atoms with Crippen LogP contribution in [0.25, 0.3) is 0 Å². The second-order valence-corrected chi connectivity index (χ2v) is 12.0. The second kappa shape index (κ2) is 16.2. The maximum atomic E-state index is 14.1. The van der Waals surface area contributed by atoms with Crippen molar-refractivity contribution in [3.63, 3.8) is 0 Å². The van der Waals surface area contributed by atoms with Crippen molar-refractivity contribution < 1.29 is 23.9 Å². The van der Waals surface area contributed by atoms with Gasteiger partial charge in [-0.25, -0.2) is 4.79 Å². The van der Waals surface area contributed by atoms with Crippen molar-refractivity contribution in [3.8, 4) is 0 Å². The molecule has 0 spiro atoms. The van der Waals surface area contributed by atoms with Crippen molar-refractivity contribution in [2.45, 2.75) is 129 Å². The number of ether oxygens (including phenoxy) is 1. The molecule has 1 saturated carbocycles. The number of benzene rings is 1. The number of hydrogen-bond acceptors (Lipinski definition) is 5. The summed E-state index contributed by atoms with van der Waals surface area (Å²) in [5.74, 6) is -1.53. The van der Waals surface area contributed by atoms with Crippen LogP contribution in [0.5, 0.6) is 0 Å². The summed E-state index contributed by atoms with van der Waals surface area (Å²) in [6, 6.07) is 5.43. The third kappa shape index (κ3) is 11.6. The Hall–Kier alpha value is -3.10. The maximum absolute atomic E-state index is 14.1. The fourth-order valence-corrected chi connectivity index (χ4v) is 5.05. The Morgan fingerprint density at radius 2 is 1.62 bits per heavy atom. The van der Waals surface area contributed by atoms with Crippen molar-refractivity contribution in [1.29, 1.82) is 0 Å². The van der Waals surface area contributed by atoms with Gasteiger partial charge in [-0.3, -0.25) is 14.4 Å². The number of alkyl carbamates (subject to hydrolysis) is 1. The first kappa shape index (κ1) is 33.1. The SMILES string of the molecule is CCCCCCCN(C(=O)C(CC(N)=O)NC(=O)OC(C)(C)C)C(C(=O)NC1CCCCC1)c1ccc(C)cc1. The number of carbonyl (C=O) groups is 4. The Morgan fingerprint density at radius 1 is 1.00 bits per heavy atom. The van der Waals surface area contributed by atoms with Crippen LogP contribution in [0.3, 0.4) is 0 Å². The van der Waals surface area contributed by atoms with Crippen LogP contribution in [0.2, 0.25) is 0 Å². The third-order valence-corrected chi connectivity index (χ3v) is 7.08. The highest BCUT2D eigenvalue weighted by atomic mass is 16.6. The topological polar surface area (TPSA) is 131 Å². The molecule has 9 heteroatoms. The molecule has 0 saturated heterocycles. The molecule has 1 fully saturated rings. The number of rotatable bonds is 14. The van der Waals surface area contributed by atoms with Gasteiger partial charge in [0.2, 0.25) is 17.7 Å². The molecule has 40 heavy (non-hydrogen) atoms. The minimum absolute atomic E-state index is 0.0528. The van der Waals surface area contributed by atoms with E-state index in [9.17, 15) is 19.2 Å². The van der Waals surface area contributed by atoms with Crippen molar-refractivity contribution in [3.05, 3.63) is 35.4 Å². The van der Waals surface area contributed by atoms with Gasteiger partial charge in [-0.1, -0.05) is 81.7 Å². The van der Waals surface area contributed by atoms with Crippen LogP contribution >= 0.6 is 0 Å². The summed E-state index contributed by atoms with van der Waals surface area (Å²) in [5, 5.41) is 5.74.